The number of rotatable bonds is 6. The molecule has 166 valence electrons. The minimum atomic E-state index is -1.01. The van der Waals surface area contributed by atoms with Crippen molar-refractivity contribution in [2.24, 2.45) is 0 Å². The maximum atomic E-state index is 15.0. The van der Waals surface area contributed by atoms with Crippen molar-refractivity contribution in [3.05, 3.63) is 93.7 Å². The SMILES string of the molecule is Cc1c(-c2ccccc2)nc2ccc(Br)cc2c1C(=O)Nc1cccc(CCC(=O)O)c1F. The van der Waals surface area contributed by atoms with Crippen LogP contribution in [0.4, 0.5) is 10.1 Å². The average Bonchev–Trinajstić information content (AvgIpc) is 2.79. The minimum Gasteiger partial charge on any atom is -0.481 e. The fraction of sp³-hybridized carbons (Fsp3) is 0.115. The smallest absolute Gasteiger partial charge is 0.303 e. The lowest BCUT2D eigenvalue weighted by Gasteiger charge is -2.16. The number of carboxylic acid groups (broad SMARTS) is 1. The van der Waals surface area contributed by atoms with E-state index in [-0.39, 0.29) is 24.1 Å². The van der Waals surface area contributed by atoms with Gasteiger partial charge in [0.05, 0.1) is 22.5 Å². The third-order valence-corrected chi connectivity index (χ3v) is 5.89. The van der Waals surface area contributed by atoms with Crippen LogP contribution in [-0.4, -0.2) is 22.0 Å². The second-order valence-electron chi connectivity index (χ2n) is 7.61. The molecular weight excluding hydrogens is 487 g/mol. The van der Waals surface area contributed by atoms with E-state index in [0.717, 1.165) is 10.0 Å². The van der Waals surface area contributed by atoms with Crippen LogP contribution in [0.5, 0.6) is 0 Å². The zero-order chi connectivity index (χ0) is 23.5. The summed E-state index contributed by atoms with van der Waals surface area (Å²) in [6.07, 6.45) is -0.163. The number of aryl methyl sites for hydroxylation is 1. The second-order valence-corrected chi connectivity index (χ2v) is 8.53. The Morgan fingerprint density at radius 3 is 2.55 bits per heavy atom. The van der Waals surface area contributed by atoms with Crippen molar-refractivity contribution in [3.63, 3.8) is 0 Å². The van der Waals surface area contributed by atoms with E-state index in [0.29, 0.717) is 27.7 Å². The number of hydrogen-bond acceptors (Lipinski definition) is 3. The van der Waals surface area contributed by atoms with Gasteiger partial charge in [-0.1, -0.05) is 58.4 Å². The summed E-state index contributed by atoms with van der Waals surface area (Å²) in [4.78, 5) is 29.1. The molecule has 0 saturated carbocycles. The molecule has 0 spiro atoms. The first-order valence-corrected chi connectivity index (χ1v) is 11.1. The molecule has 3 aromatic carbocycles. The summed E-state index contributed by atoms with van der Waals surface area (Å²) in [5, 5.41) is 12.2. The molecule has 0 atom stereocenters. The Kier molecular flexibility index (Phi) is 6.51. The Labute approximate surface area is 198 Å². The van der Waals surface area contributed by atoms with Gasteiger partial charge in [0.2, 0.25) is 0 Å². The van der Waals surface area contributed by atoms with Crippen LogP contribution >= 0.6 is 15.9 Å². The molecule has 1 heterocycles. The molecular formula is C26H20BrFN2O3. The van der Waals surface area contributed by atoms with Gasteiger partial charge in [-0.25, -0.2) is 9.37 Å². The van der Waals surface area contributed by atoms with Gasteiger partial charge in [-0.15, -0.1) is 0 Å². The van der Waals surface area contributed by atoms with E-state index in [2.05, 4.69) is 21.2 Å². The van der Waals surface area contributed by atoms with E-state index in [1.807, 2.05) is 55.5 Å². The lowest BCUT2D eigenvalue weighted by Crippen LogP contribution is -2.16. The number of carbonyl (C=O) groups excluding carboxylic acids is 1. The number of hydrogen-bond donors (Lipinski definition) is 2. The highest BCUT2D eigenvalue weighted by Crippen LogP contribution is 2.32. The van der Waals surface area contributed by atoms with Gasteiger partial charge in [-0.05, 0) is 48.7 Å². The van der Waals surface area contributed by atoms with Crippen molar-refractivity contribution in [2.45, 2.75) is 19.8 Å². The number of fused-ring (bicyclic) bond motifs is 1. The Balaban J connectivity index is 1.80. The summed E-state index contributed by atoms with van der Waals surface area (Å²) < 4.78 is 15.8. The Morgan fingerprint density at radius 2 is 1.82 bits per heavy atom. The summed E-state index contributed by atoms with van der Waals surface area (Å²) >= 11 is 3.45. The molecule has 4 rings (SSSR count). The van der Waals surface area contributed by atoms with Crippen LogP contribution in [0.15, 0.2) is 71.2 Å². The summed E-state index contributed by atoms with van der Waals surface area (Å²) in [6, 6.07) is 19.6. The first-order valence-electron chi connectivity index (χ1n) is 10.3. The maximum absolute atomic E-state index is 15.0. The van der Waals surface area contributed by atoms with Crippen molar-refractivity contribution in [1.29, 1.82) is 0 Å². The Hall–Kier alpha value is -3.58. The van der Waals surface area contributed by atoms with E-state index in [1.165, 1.54) is 12.1 Å². The molecule has 0 fully saturated rings. The maximum Gasteiger partial charge on any atom is 0.303 e. The van der Waals surface area contributed by atoms with E-state index in [1.54, 1.807) is 6.07 Å². The highest BCUT2D eigenvalue weighted by atomic mass is 79.9. The predicted octanol–water partition coefficient (Wildman–Crippen LogP) is 6.38. The number of carboxylic acids is 1. The van der Waals surface area contributed by atoms with Gasteiger partial charge in [-0.3, -0.25) is 9.59 Å². The number of amides is 1. The predicted molar refractivity (Wildman–Crippen MR) is 130 cm³/mol. The summed E-state index contributed by atoms with van der Waals surface area (Å²) in [6.45, 7) is 1.82. The van der Waals surface area contributed by atoms with Crippen LogP contribution < -0.4 is 5.32 Å². The van der Waals surface area contributed by atoms with Crippen molar-refractivity contribution < 1.29 is 19.1 Å². The molecule has 0 unspecified atom stereocenters. The molecule has 4 aromatic rings. The second kappa shape index (κ2) is 9.50. The minimum absolute atomic E-state index is 0.00325. The Morgan fingerprint density at radius 1 is 1.06 bits per heavy atom. The van der Waals surface area contributed by atoms with Gasteiger partial charge in [0.15, 0.2) is 0 Å². The molecule has 1 aromatic heterocycles. The van der Waals surface area contributed by atoms with Crippen LogP contribution in [0.2, 0.25) is 0 Å². The fourth-order valence-corrected chi connectivity index (χ4v) is 4.16. The molecule has 2 N–H and O–H groups in total. The number of anilines is 1. The zero-order valence-corrected chi connectivity index (χ0v) is 19.3. The van der Waals surface area contributed by atoms with Gasteiger partial charge in [-0.2, -0.15) is 0 Å². The molecule has 5 nitrogen and oxygen atoms in total. The van der Waals surface area contributed by atoms with Crippen LogP contribution in [0.3, 0.4) is 0 Å². The molecule has 7 heteroatoms. The number of pyridine rings is 1. The number of benzene rings is 3. The lowest BCUT2D eigenvalue weighted by molar-refractivity contribution is -0.136. The van der Waals surface area contributed by atoms with Crippen LogP contribution in [0, 0.1) is 12.7 Å². The quantitative estimate of drug-likeness (QED) is 0.318. The highest BCUT2D eigenvalue weighted by molar-refractivity contribution is 9.10. The number of carbonyl (C=O) groups is 2. The standard InChI is InChI=1S/C26H20BrFN2O3/c1-15-23(26(33)30-21-9-5-8-16(24(21)28)10-13-22(31)32)19-14-18(27)11-12-20(19)29-25(15)17-6-3-2-4-7-17/h2-9,11-12,14H,10,13H2,1H3,(H,30,33)(H,31,32). The molecule has 0 radical (unpaired) electrons. The highest BCUT2D eigenvalue weighted by Gasteiger charge is 2.21. The number of nitrogens with one attached hydrogen (secondary N) is 1. The largest absolute Gasteiger partial charge is 0.481 e. The molecule has 1 amide bonds. The molecule has 0 aliphatic carbocycles. The van der Waals surface area contributed by atoms with Gasteiger partial charge in [0.1, 0.15) is 5.82 Å². The average molecular weight is 507 g/mol. The number of halogens is 2. The third-order valence-electron chi connectivity index (χ3n) is 5.40. The molecule has 33 heavy (non-hydrogen) atoms. The summed E-state index contributed by atoms with van der Waals surface area (Å²) in [7, 11) is 0. The fourth-order valence-electron chi connectivity index (χ4n) is 3.80. The molecule has 0 saturated heterocycles. The van der Waals surface area contributed by atoms with Crippen LogP contribution in [0.1, 0.15) is 27.9 Å². The van der Waals surface area contributed by atoms with E-state index in [9.17, 15) is 14.0 Å². The van der Waals surface area contributed by atoms with Crippen molar-refractivity contribution in [2.75, 3.05) is 5.32 Å². The van der Waals surface area contributed by atoms with Crippen LogP contribution in [-0.2, 0) is 11.2 Å². The molecule has 0 aliphatic rings. The Bertz CT molecular complexity index is 1370. The lowest BCUT2D eigenvalue weighted by atomic mass is 9.97. The summed E-state index contributed by atoms with van der Waals surface area (Å²) in [5.74, 6) is -2.11. The zero-order valence-electron chi connectivity index (χ0n) is 17.7. The number of aromatic nitrogens is 1. The van der Waals surface area contributed by atoms with Gasteiger partial charge in [0.25, 0.3) is 5.91 Å². The van der Waals surface area contributed by atoms with Gasteiger partial charge >= 0.3 is 5.97 Å². The third kappa shape index (κ3) is 4.78. The first-order chi connectivity index (χ1) is 15.8. The monoisotopic (exact) mass is 506 g/mol. The van der Waals surface area contributed by atoms with E-state index < -0.39 is 17.7 Å². The molecule has 0 aliphatic heterocycles. The van der Waals surface area contributed by atoms with Crippen LogP contribution in [0.25, 0.3) is 22.2 Å². The molecule has 0 bridgehead atoms. The topological polar surface area (TPSA) is 79.3 Å². The number of nitrogens with zero attached hydrogens (tertiary/aromatic N) is 1. The van der Waals surface area contributed by atoms with Crippen molar-refractivity contribution in [1.82, 2.24) is 4.98 Å². The van der Waals surface area contributed by atoms with Crippen molar-refractivity contribution >= 4 is 44.4 Å². The first kappa shape index (κ1) is 22.6. The summed E-state index contributed by atoms with van der Waals surface area (Å²) in [5.41, 5.74) is 3.50. The van der Waals surface area contributed by atoms with Crippen molar-refractivity contribution in [3.8, 4) is 11.3 Å². The van der Waals surface area contributed by atoms with E-state index >= 15 is 0 Å². The van der Waals surface area contributed by atoms with Gasteiger partial charge in [0, 0.05) is 21.8 Å². The number of aliphatic carboxylic acids is 1. The normalized spacial score (nSPS) is 10.9. The van der Waals surface area contributed by atoms with Gasteiger partial charge < -0.3 is 10.4 Å². The van der Waals surface area contributed by atoms with E-state index in [4.69, 9.17) is 10.1 Å².